The number of hydrogen-bond acceptors (Lipinski definition) is 1. The molecule has 1 aliphatic heterocycles. The zero-order valence-corrected chi connectivity index (χ0v) is 13.3. The van der Waals surface area contributed by atoms with Gasteiger partial charge < -0.3 is 28.9 Å². The van der Waals surface area contributed by atoms with E-state index in [0.717, 1.165) is 32.2 Å². The summed E-state index contributed by atoms with van der Waals surface area (Å²) < 4.78 is 3.59. The number of carbonyl (C=O) groups is 1. The van der Waals surface area contributed by atoms with Gasteiger partial charge in [-0.3, -0.25) is 0 Å². The minimum absolute atomic E-state index is 0. The van der Waals surface area contributed by atoms with Crippen LogP contribution >= 0.6 is 0 Å². The molecular formula is C13H22IN3O. The molecule has 4 nitrogen and oxygen atoms in total. The van der Waals surface area contributed by atoms with E-state index < -0.39 is 0 Å². The van der Waals surface area contributed by atoms with Crippen LogP contribution < -0.4 is 28.5 Å². The molecule has 102 valence electrons. The summed E-state index contributed by atoms with van der Waals surface area (Å²) in [4.78, 5) is 14.4. The van der Waals surface area contributed by atoms with Crippen LogP contribution in [0.25, 0.3) is 0 Å². The first-order valence-electron chi connectivity index (χ1n) is 6.56. The molecule has 0 aliphatic carbocycles. The second-order valence-corrected chi connectivity index (χ2v) is 4.90. The maximum absolute atomic E-state index is 12.4. The van der Waals surface area contributed by atoms with Crippen molar-refractivity contribution in [3.05, 3.63) is 18.7 Å². The van der Waals surface area contributed by atoms with Crippen molar-refractivity contribution < 1.29 is 33.3 Å². The lowest BCUT2D eigenvalue weighted by Crippen LogP contribution is -3.00. The topological polar surface area (TPSA) is 29.1 Å². The summed E-state index contributed by atoms with van der Waals surface area (Å²) >= 11 is 0. The lowest BCUT2D eigenvalue weighted by atomic mass is 9.99. The standard InChI is InChI=1S/C13H22N3O.HI/c1-3-6-12-7-4-5-8-16(12)13(17)15-10-9-14(2)11-15;/h9-12H,3-8H2,1-2H3;1H/q+1;/p-1. The van der Waals surface area contributed by atoms with E-state index in [1.54, 1.807) is 4.57 Å². The molecule has 0 radical (unpaired) electrons. The Bertz CT molecular complexity index is 389. The van der Waals surface area contributed by atoms with Gasteiger partial charge in [-0.05, 0) is 25.7 Å². The molecule has 1 fully saturated rings. The average molecular weight is 363 g/mol. The molecule has 0 N–H and O–H groups in total. The molecule has 18 heavy (non-hydrogen) atoms. The minimum Gasteiger partial charge on any atom is -1.00 e. The number of likely N-dealkylation sites (tertiary alicyclic amines) is 1. The molecule has 1 unspecified atom stereocenters. The van der Waals surface area contributed by atoms with Gasteiger partial charge in [0, 0.05) is 12.6 Å². The quantitative estimate of drug-likeness (QED) is 0.487. The second kappa shape index (κ2) is 7.11. The smallest absolute Gasteiger partial charge is 0.416 e. The average Bonchev–Trinajstić information content (AvgIpc) is 2.76. The zero-order valence-electron chi connectivity index (χ0n) is 11.2. The molecule has 1 amide bonds. The number of hydrogen-bond donors (Lipinski definition) is 0. The van der Waals surface area contributed by atoms with E-state index in [9.17, 15) is 4.79 Å². The molecule has 1 atom stereocenters. The normalized spacial score (nSPS) is 19.4. The van der Waals surface area contributed by atoms with Gasteiger partial charge in [-0.2, -0.15) is 4.57 Å². The van der Waals surface area contributed by atoms with Crippen molar-refractivity contribution in [3.8, 4) is 0 Å². The van der Waals surface area contributed by atoms with E-state index >= 15 is 0 Å². The van der Waals surface area contributed by atoms with Crippen LogP contribution in [0.4, 0.5) is 4.79 Å². The molecule has 1 saturated heterocycles. The molecule has 0 saturated carbocycles. The van der Waals surface area contributed by atoms with Crippen molar-refractivity contribution in [3.63, 3.8) is 0 Å². The Kier molecular flexibility index (Phi) is 6.11. The summed E-state index contributed by atoms with van der Waals surface area (Å²) in [5.74, 6) is 0. The van der Waals surface area contributed by atoms with Crippen LogP contribution in [-0.4, -0.2) is 28.1 Å². The Morgan fingerprint density at radius 1 is 1.44 bits per heavy atom. The summed E-state index contributed by atoms with van der Waals surface area (Å²) in [7, 11) is 1.93. The number of aromatic nitrogens is 2. The molecule has 1 aromatic rings. The van der Waals surface area contributed by atoms with Crippen molar-refractivity contribution in [2.75, 3.05) is 6.54 Å². The molecule has 1 aliphatic rings. The van der Waals surface area contributed by atoms with Crippen molar-refractivity contribution >= 4 is 6.03 Å². The van der Waals surface area contributed by atoms with Crippen molar-refractivity contribution in [1.29, 1.82) is 0 Å². The minimum atomic E-state index is 0. The number of carbonyl (C=O) groups excluding carboxylic acids is 1. The molecule has 0 aromatic carbocycles. The molecule has 0 spiro atoms. The first-order chi connectivity index (χ1) is 8.22. The predicted octanol–water partition coefficient (Wildman–Crippen LogP) is -1.06. The van der Waals surface area contributed by atoms with Gasteiger partial charge in [0.05, 0.1) is 7.05 Å². The van der Waals surface area contributed by atoms with Crippen LogP contribution in [-0.2, 0) is 7.05 Å². The maximum atomic E-state index is 12.4. The van der Waals surface area contributed by atoms with Gasteiger partial charge in [-0.25, -0.2) is 9.36 Å². The van der Waals surface area contributed by atoms with E-state index in [4.69, 9.17) is 0 Å². The third-order valence-corrected chi connectivity index (χ3v) is 3.48. The monoisotopic (exact) mass is 363 g/mol. The van der Waals surface area contributed by atoms with E-state index in [1.807, 2.05) is 35.2 Å². The van der Waals surface area contributed by atoms with Gasteiger partial charge >= 0.3 is 6.03 Å². The highest BCUT2D eigenvalue weighted by Gasteiger charge is 2.29. The molecule has 1 aromatic heterocycles. The van der Waals surface area contributed by atoms with Crippen molar-refractivity contribution in [2.24, 2.45) is 7.05 Å². The Morgan fingerprint density at radius 3 is 2.83 bits per heavy atom. The van der Waals surface area contributed by atoms with E-state index in [2.05, 4.69) is 6.92 Å². The third-order valence-electron chi connectivity index (χ3n) is 3.48. The molecule has 0 bridgehead atoms. The SMILES string of the molecule is CCCC1CCCCN1C(=O)n1cc[n+](C)c1.[I-]. The number of amides is 1. The van der Waals surface area contributed by atoms with Crippen LogP contribution in [0.5, 0.6) is 0 Å². The van der Waals surface area contributed by atoms with Crippen LogP contribution in [0, 0.1) is 0 Å². The second-order valence-electron chi connectivity index (χ2n) is 4.90. The number of piperidine rings is 1. The van der Waals surface area contributed by atoms with Gasteiger partial charge in [0.1, 0.15) is 12.4 Å². The highest BCUT2D eigenvalue weighted by molar-refractivity contribution is 5.76. The number of imidazole rings is 1. The van der Waals surface area contributed by atoms with E-state index in [1.165, 1.54) is 6.42 Å². The van der Waals surface area contributed by atoms with Gasteiger partial charge in [0.15, 0.2) is 0 Å². The summed E-state index contributed by atoms with van der Waals surface area (Å²) in [5.41, 5.74) is 0. The maximum Gasteiger partial charge on any atom is 0.416 e. The first kappa shape index (κ1) is 15.5. The molecule has 2 rings (SSSR count). The number of nitrogens with zero attached hydrogens (tertiary/aromatic N) is 3. The van der Waals surface area contributed by atoms with Gasteiger partial charge in [0.25, 0.3) is 6.33 Å². The van der Waals surface area contributed by atoms with Gasteiger partial charge in [0.2, 0.25) is 0 Å². The predicted molar refractivity (Wildman–Crippen MR) is 65.7 cm³/mol. The lowest BCUT2D eigenvalue weighted by Gasteiger charge is -2.33. The number of aryl methyl sites for hydroxylation is 1. The summed E-state index contributed by atoms with van der Waals surface area (Å²) in [6.45, 7) is 3.10. The number of halogens is 1. The summed E-state index contributed by atoms with van der Waals surface area (Å²) in [6, 6.07) is 0.567. The number of rotatable bonds is 2. The lowest BCUT2D eigenvalue weighted by molar-refractivity contribution is -0.670. The molecule has 2 heterocycles. The zero-order chi connectivity index (χ0) is 12.3. The Labute approximate surface area is 126 Å². The Hall–Kier alpha value is -0.590. The molecule has 5 heteroatoms. The Balaban J connectivity index is 0.00000162. The third kappa shape index (κ3) is 3.46. The van der Waals surface area contributed by atoms with Crippen LogP contribution in [0.2, 0.25) is 0 Å². The van der Waals surface area contributed by atoms with Crippen LogP contribution in [0.15, 0.2) is 18.7 Å². The summed E-state index contributed by atoms with van der Waals surface area (Å²) in [6.07, 6.45) is 11.4. The highest BCUT2D eigenvalue weighted by Crippen LogP contribution is 2.21. The van der Waals surface area contributed by atoms with E-state index in [-0.39, 0.29) is 30.0 Å². The van der Waals surface area contributed by atoms with Gasteiger partial charge in [-0.15, -0.1) is 0 Å². The first-order valence-corrected chi connectivity index (χ1v) is 6.56. The van der Waals surface area contributed by atoms with Crippen molar-refractivity contribution in [1.82, 2.24) is 9.47 Å². The van der Waals surface area contributed by atoms with Crippen molar-refractivity contribution in [2.45, 2.75) is 45.1 Å². The van der Waals surface area contributed by atoms with E-state index in [0.29, 0.717) is 6.04 Å². The molecular weight excluding hydrogens is 341 g/mol. The van der Waals surface area contributed by atoms with Crippen LogP contribution in [0.1, 0.15) is 39.0 Å². The fourth-order valence-corrected chi connectivity index (χ4v) is 2.60. The fraction of sp³-hybridized carbons (Fsp3) is 0.692. The van der Waals surface area contributed by atoms with Crippen LogP contribution in [0.3, 0.4) is 0 Å². The largest absolute Gasteiger partial charge is 1.00 e. The van der Waals surface area contributed by atoms with Gasteiger partial charge in [-0.1, -0.05) is 13.3 Å². The fourth-order valence-electron chi connectivity index (χ4n) is 2.60. The summed E-state index contributed by atoms with van der Waals surface area (Å²) in [5, 5.41) is 0. The highest BCUT2D eigenvalue weighted by atomic mass is 127. The Morgan fingerprint density at radius 2 is 2.22 bits per heavy atom.